The molecular formula is C26H25N3O2S. The lowest BCUT2D eigenvalue weighted by atomic mass is 9.82. The number of thiocarbonyl (C=S) groups is 1. The standard InChI is InChI=1S/C26H25N3O2S/c1-30-23-13-14-24-19(15-23)7-8-20-16-29(28-25(20)24)26(32)27-21-9-11-22(12-10-21)31-17-18-5-3-2-4-6-18/h2-6,9-15,20H,7-8,16-17H2,1H3,(H,27,32). The second-order valence-corrected chi connectivity index (χ2v) is 8.44. The van der Waals surface area contributed by atoms with Crippen molar-refractivity contribution in [1.82, 2.24) is 5.01 Å². The van der Waals surface area contributed by atoms with Gasteiger partial charge < -0.3 is 14.8 Å². The summed E-state index contributed by atoms with van der Waals surface area (Å²) in [6, 6.07) is 24.2. The number of rotatable bonds is 5. The van der Waals surface area contributed by atoms with Crippen LogP contribution in [0.3, 0.4) is 0 Å². The first kappa shape index (κ1) is 20.5. The third kappa shape index (κ3) is 4.32. The highest BCUT2D eigenvalue weighted by Gasteiger charge is 2.33. The lowest BCUT2D eigenvalue weighted by Crippen LogP contribution is -2.31. The number of aryl methyl sites for hydroxylation is 1. The predicted octanol–water partition coefficient (Wildman–Crippen LogP) is 5.25. The van der Waals surface area contributed by atoms with Crippen molar-refractivity contribution in [3.8, 4) is 11.5 Å². The Morgan fingerprint density at radius 3 is 2.62 bits per heavy atom. The van der Waals surface area contributed by atoms with Crippen molar-refractivity contribution in [1.29, 1.82) is 0 Å². The van der Waals surface area contributed by atoms with Crippen LogP contribution in [0.5, 0.6) is 11.5 Å². The molecule has 2 aliphatic rings. The third-order valence-corrected chi connectivity index (χ3v) is 6.26. The van der Waals surface area contributed by atoms with Crippen LogP contribution in [0, 0.1) is 5.92 Å². The molecule has 3 aromatic rings. The highest BCUT2D eigenvalue weighted by molar-refractivity contribution is 7.80. The molecule has 6 heteroatoms. The van der Waals surface area contributed by atoms with Crippen molar-refractivity contribution in [2.75, 3.05) is 19.0 Å². The average molecular weight is 444 g/mol. The van der Waals surface area contributed by atoms with Crippen molar-refractivity contribution in [2.45, 2.75) is 19.4 Å². The molecule has 0 saturated carbocycles. The van der Waals surface area contributed by atoms with Crippen LogP contribution in [0.15, 0.2) is 77.9 Å². The van der Waals surface area contributed by atoms with Gasteiger partial charge in [-0.15, -0.1) is 0 Å². The predicted molar refractivity (Wildman–Crippen MR) is 131 cm³/mol. The molecule has 1 aliphatic carbocycles. The summed E-state index contributed by atoms with van der Waals surface area (Å²) < 4.78 is 11.2. The van der Waals surface area contributed by atoms with Crippen LogP contribution in [0.4, 0.5) is 5.69 Å². The lowest BCUT2D eigenvalue weighted by Gasteiger charge is -2.22. The summed E-state index contributed by atoms with van der Waals surface area (Å²) >= 11 is 5.66. The summed E-state index contributed by atoms with van der Waals surface area (Å²) in [5.41, 5.74) is 5.70. The quantitative estimate of drug-likeness (QED) is 0.546. The number of anilines is 1. The summed E-state index contributed by atoms with van der Waals surface area (Å²) in [6.07, 6.45) is 2.11. The summed E-state index contributed by atoms with van der Waals surface area (Å²) in [5, 5.41) is 10.7. The number of ether oxygens (including phenoxy) is 2. The van der Waals surface area contributed by atoms with E-state index in [1.165, 1.54) is 11.1 Å². The number of methoxy groups -OCH3 is 1. The fourth-order valence-corrected chi connectivity index (χ4v) is 4.46. The van der Waals surface area contributed by atoms with E-state index in [2.05, 4.69) is 29.6 Å². The summed E-state index contributed by atoms with van der Waals surface area (Å²) in [6.45, 7) is 1.36. The smallest absolute Gasteiger partial charge is 0.194 e. The van der Waals surface area contributed by atoms with Crippen LogP contribution >= 0.6 is 12.2 Å². The summed E-state index contributed by atoms with van der Waals surface area (Å²) in [4.78, 5) is 0. The zero-order chi connectivity index (χ0) is 21.9. The van der Waals surface area contributed by atoms with Crippen LogP contribution in [-0.2, 0) is 13.0 Å². The normalized spacial score (nSPS) is 16.6. The Morgan fingerprint density at radius 1 is 1.06 bits per heavy atom. The monoisotopic (exact) mass is 443 g/mol. The maximum Gasteiger partial charge on any atom is 0.194 e. The maximum atomic E-state index is 5.86. The molecule has 1 aliphatic heterocycles. The van der Waals surface area contributed by atoms with E-state index < -0.39 is 0 Å². The second kappa shape index (κ2) is 9.01. The van der Waals surface area contributed by atoms with Crippen LogP contribution < -0.4 is 14.8 Å². The number of hydrogen-bond donors (Lipinski definition) is 1. The molecule has 0 bridgehead atoms. The molecule has 1 heterocycles. The summed E-state index contributed by atoms with van der Waals surface area (Å²) in [5.74, 6) is 2.13. The molecule has 32 heavy (non-hydrogen) atoms. The van der Waals surface area contributed by atoms with Gasteiger partial charge in [0.05, 0.1) is 19.4 Å². The first-order valence-electron chi connectivity index (χ1n) is 10.8. The largest absolute Gasteiger partial charge is 0.497 e. The number of fused-ring (bicyclic) bond motifs is 3. The van der Waals surface area contributed by atoms with Gasteiger partial charge in [0.2, 0.25) is 0 Å². The molecule has 5 rings (SSSR count). The first-order chi connectivity index (χ1) is 15.7. The van der Waals surface area contributed by atoms with Gasteiger partial charge in [-0.2, -0.15) is 5.10 Å². The van der Waals surface area contributed by atoms with E-state index in [0.717, 1.165) is 47.8 Å². The molecule has 0 saturated heterocycles. The van der Waals surface area contributed by atoms with E-state index >= 15 is 0 Å². The number of nitrogens with one attached hydrogen (secondary N) is 1. The van der Waals surface area contributed by atoms with Crippen LogP contribution in [-0.4, -0.2) is 29.5 Å². The first-order valence-corrected chi connectivity index (χ1v) is 11.2. The van der Waals surface area contributed by atoms with E-state index in [9.17, 15) is 0 Å². The molecule has 0 fully saturated rings. The van der Waals surface area contributed by atoms with E-state index in [-0.39, 0.29) is 0 Å². The number of nitrogens with zero attached hydrogens (tertiary/aromatic N) is 2. The Bertz CT molecular complexity index is 1150. The minimum absolute atomic E-state index is 0.407. The Kier molecular flexibility index (Phi) is 5.77. The third-order valence-electron chi connectivity index (χ3n) is 5.95. The van der Waals surface area contributed by atoms with Gasteiger partial charge in [-0.1, -0.05) is 30.3 Å². The number of benzene rings is 3. The van der Waals surface area contributed by atoms with Gasteiger partial charge in [-0.3, -0.25) is 0 Å². The van der Waals surface area contributed by atoms with Gasteiger partial charge in [0, 0.05) is 17.2 Å². The molecule has 3 aromatic carbocycles. The molecular weight excluding hydrogens is 418 g/mol. The van der Waals surface area contributed by atoms with Gasteiger partial charge in [-0.05, 0) is 78.7 Å². The second-order valence-electron chi connectivity index (χ2n) is 8.05. The van der Waals surface area contributed by atoms with Crippen LogP contribution in [0.1, 0.15) is 23.1 Å². The van der Waals surface area contributed by atoms with E-state index in [0.29, 0.717) is 17.6 Å². The van der Waals surface area contributed by atoms with Crippen molar-refractivity contribution >= 4 is 28.7 Å². The molecule has 1 atom stereocenters. The molecule has 1 N–H and O–H groups in total. The maximum absolute atomic E-state index is 5.86. The van der Waals surface area contributed by atoms with E-state index in [4.69, 9.17) is 26.8 Å². The molecule has 5 nitrogen and oxygen atoms in total. The van der Waals surface area contributed by atoms with Crippen molar-refractivity contribution in [2.24, 2.45) is 11.0 Å². The van der Waals surface area contributed by atoms with Gasteiger partial charge in [0.25, 0.3) is 0 Å². The molecule has 0 spiro atoms. The fourth-order valence-electron chi connectivity index (χ4n) is 4.22. The van der Waals surface area contributed by atoms with Crippen molar-refractivity contribution in [3.63, 3.8) is 0 Å². The van der Waals surface area contributed by atoms with Gasteiger partial charge in [-0.25, -0.2) is 5.01 Å². The van der Waals surface area contributed by atoms with Gasteiger partial charge in [0.1, 0.15) is 18.1 Å². The highest BCUT2D eigenvalue weighted by atomic mass is 32.1. The Morgan fingerprint density at radius 2 is 1.84 bits per heavy atom. The number of hydrogen-bond acceptors (Lipinski definition) is 4. The van der Waals surface area contributed by atoms with Crippen molar-refractivity contribution in [3.05, 3.63) is 89.5 Å². The average Bonchev–Trinajstić information content (AvgIpc) is 3.29. The Labute approximate surface area is 193 Å². The van der Waals surface area contributed by atoms with Gasteiger partial charge in [0.15, 0.2) is 5.11 Å². The zero-order valence-corrected chi connectivity index (χ0v) is 18.8. The minimum atomic E-state index is 0.407. The highest BCUT2D eigenvalue weighted by Crippen LogP contribution is 2.33. The minimum Gasteiger partial charge on any atom is -0.497 e. The molecule has 0 radical (unpaired) electrons. The molecule has 1 unspecified atom stereocenters. The zero-order valence-electron chi connectivity index (χ0n) is 18.0. The van der Waals surface area contributed by atoms with Gasteiger partial charge >= 0.3 is 0 Å². The molecule has 0 amide bonds. The number of hydrazone groups is 1. The van der Waals surface area contributed by atoms with E-state index in [1.807, 2.05) is 53.5 Å². The summed E-state index contributed by atoms with van der Waals surface area (Å²) in [7, 11) is 1.70. The Balaban J connectivity index is 1.22. The molecule has 0 aromatic heterocycles. The SMILES string of the molecule is COc1ccc2c(c1)CCC1CN(C(=S)Nc3ccc(OCc4ccccc4)cc3)N=C21. The van der Waals surface area contributed by atoms with Crippen LogP contribution in [0.25, 0.3) is 0 Å². The topological polar surface area (TPSA) is 46.1 Å². The fraction of sp³-hybridized carbons (Fsp3) is 0.231. The van der Waals surface area contributed by atoms with Crippen molar-refractivity contribution < 1.29 is 9.47 Å². The van der Waals surface area contributed by atoms with E-state index in [1.54, 1.807) is 7.11 Å². The molecule has 162 valence electrons. The lowest BCUT2D eigenvalue weighted by molar-refractivity contribution is 0.306. The Hall–Kier alpha value is -3.38. The van der Waals surface area contributed by atoms with Crippen LogP contribution in [0.2, 0.25) is 0 Å².